The Morgan fingerprint density at radius 2 is 1.96 bits per heavy atom. The first kappa shape index (κ1) is 18.8. The molecule has 3 rings (SSSR count). The van der Waals surface area contributed by atoms with E-state index >= 15 is 0 Å². The first-order valence-electron chi connectivity index (χ1n) is 8.89. The lowest BCUT2D eigenvalue weighted by atomic mass is 10.2. The topological polar surface area (TPSA) is 74.5 Å². The van der Waals surface area contributed by atoms with Gasteiger partial charge in [0.2, 0.25) is 17.6 Å². The molecule has 8 heteroatoms. The van der Waals surface area contributed by atoms with Gasteiger partial charge in [0.05, 0.1) is 6.54 Å². The van der Waals surface area contributed by atoms with Crippen LogP contribution in [0.25, 0.3) is 11.4 Å². The molecule has 26 heavy (non-hydrogen) atoms. The van der Waals surface area contributed by atoms with E-state index in [0.29, 0.717) is 29.7 Å². The van der Waals surface area contributed by atoms with E-state index in [4.69, 9.17) is 16.1 Å². The molecule has 1 aromatic carbocycles. The quantitative estimate of drug-likeness (QED) is 0.744. The number of hydrogen-bond donors (Lipinski definition) is 1. The van der Waals surface area contributed by atoms with Gasteiger partial charge in [-0.1, -0.05) is 16.8 Å². The Morgan fingerprint density at radius 1 is 1.23 bits per heavy atom. The van der Waals surface area contributed by atoms with Crippen LogP contribution in [0.2, 0.25) is 5.02 Å². The minimum Gasteiger partial charge on any atom is -0.340 e. The van der Waals surface area contributed by atoms with Crippen LogP contribution >= 0.6 is 11.6 Å². The van der Waals surface area contributed by atoms with E-state index in [9.17, 15) is 4.79 Å². The molecular weight excluding hydrogens is 354 g/mol. The van der Waals surface area contributed by atoms with Crippen molar-refractivity contribution in [2.24, 2.45) is 0 Å². The van der Waals surface area contributed by atoms with Gasteiger partial charge in [-0.15, -0.1) is 0 Å². The fourth-order valence-corrected chi connectivity index (χ4v) is 3.08. The fourth-order valence-electron chi connectivity index (χ4n) is 2.96. The summed E-state index contributed by atoms with van der Waals surface area (Å²) in [7, 11) is 1.90. The van der Waals surface area contributed by atoms with Gasteiger partial charge < -0.3 is 14.7 Å². The summed E-state index contributed by atoms with van der Waals surface area (Å²) in [6.45, 7) is 4.60. The minimum atomic E-state index is 0.239. The van der Waals surface area contributed by atoms with Gasteiger partial charge in [-0.3, -0.25) is 9.69 Å². The number of halogens is 1. The second kappa shape index (κ2) is 9.12. The van der Waals surface area contributed by atoms with Crippen LogP contribution in [0.3, 0.4) is 0 Å². The molecule has 1 aliphatic heterocycles. The Balaban J connectivity index is 1.47. The third-order valence-corrected chi connectivity index (χ3v) is 4.72. The lowest BCUT2D eigenvalue weighted by Gasteiger charge is -2.34. The highest BCUT2D eigenvalue weighted by Crippen LogP contribution is 2.19. The summed E-state index contributed by atoms with van der Waals surface area (Å²) in [6, 6.07) is 7.35. The zero-order chi connectivity index (χ0) is 18.4. The molecule has 1 saturated heterocycles. The molecule has 0 atom stereocenters. The lowest BCUT2D eigenvalue weighted by Crippen LogP contribution is -2.48. The Labute approximate surface area is 158 Å². The number of rotatable bonds is 7. The van der Waals surface area contributed by atoms with E-state index < -0.39 is 0 Å². The maximum Gasteiger partial charge on any atom is 0.241 e. The summed E-state index contributed by atoms with van der Waals surface area (Å²) >= 11 is 5.90. The summed E-state index contributed by atoms with van der Waals surface area (Å²) < 4.78 is 5.37. The summed E-state index contributed by atoms with van der Waals surface area (Å²) in [4.78, 5) is 20.8. The molecule has 1 aromatic heterocycles. The van der Waals surface area contributed by atoms with Crippen molar-refractivity contribution < 1.29 is 9.32 Å². The highest BCUT2D eigenvalue weighted by molar-refractivity contribution is 6.30. The molecule has 1 aliphatic rings. The van der Waals surface area contributed by atoms with Gasteiger partial charge in [-0.25, -0.2) is 0 Å². The number of carbonyl (C=O) groups is 1. The Kier molecular flexibility index (Phi) is 6.60. The number of benzene rings is 1. The molecule has 1 fully saturated rings. The van der Waals surface area contributed by atoms with Crippen molar-refractivity contribution in [1.82, 2.24) is 25.3 Å². The summed E-state index contributed by atoms with van der Waals surface area (Å²) in [6.07, 6.45) is 1.49. The van der Waals surface area contributed by atoms with Gasteiger partial charge in [0.25, 0.3) is 0 Å². The summed E-state index contributed by atoms with van der Waals surface area (Å²) in [5.74, 6) is 1.39. The summed E-state index contributed by atoms with van der Waals surface area (Å²) in [5, 5.41) is 7.78. The lowest BCUT2D eigenvalue weighted by molar-refractivity contribution is -0.133. The molecular formula is C18H24ClN5O2. The molecule has 1 amide bonds. The van der Waals surface area contributed by atoms with Crippen LogP contribution < -0.4 is 5.32 Å². The van der Waals surface area contributed by atoms with Gasteiger partial charge >= 0.3 is 0 Å². The van der Waals surface area contributed by atoms with Crippen LogP contribution in [0, 0.1) is 0 Å². The van der Waals surface area contributed by atoms with Gasteiger partial charge in [0, 0.05) is 43.2 Å². The zero-order valence-electron chi connectivity index (χ0n) is 14.9. The van der Waals surface area contributed by atoms with E-state index in [1.165, 1.54) is 0 Å². The average Bonchev–Trinajstić information content (AvgIpc) is 3.11. The average molecular weight is 378 g/mol. The third kappa shape index (κ3) is 5.03. The Morgan fingerprint density at radius 3 is 2.65 bits per heavy atom. The van der Waals surface area contributed by atoms with Crippen LogP contribution in [0.1, 0.15) is 18.7 Å². The largest absolute Gasteiger partial charge is 0.340 e. The van der Waals surface area contributed by atoms with Crippen molar-refractivity contribution in [3.63, 3.8) is 0 Å². The van der Waals surface area contributed by atoms with Gasteiger partial charge in [-0.05, 0) is 44.3 Å². The van der Waals surface area contributed by atoms with Crippen molar-refractivity contribution in [3.8, 4) is 11.4 Å². The van der Waals surface area contributed by atoms with Gasteiger partial charge in [0.15, 0.2) is 0 Å². The summed E-state index contributed by atoms with van der Waals surface area (Å²) in [5.41, 5.74) is 0.876. The highest BCUT2D eigenvalue weighted by Gasteiger charge is 2.22. The van der Waals surface area contributed by atoms with Gasteiger partial charge in [-0.2, -0.15) is 4.98 Å². The predicted octanol–water partition coefficient (Wildman–Crippen LogP) is 2.03. The van der Waals surface area contributed by atoms with Crippen molar-refractivity contribution in [2.45, 2.75) is 19.4 Å². The van der Waals surface area contributed by atoms with Crippen LogP contribution in [0.4, 0.5) is 0 Å². The molecule has 0 radical (unpaired) electrons. The SMILES string of the molecule is CNCCCC(=O)N1CCN(Cc2nc(-c3ccc(Cl)cc3)no2)CC1. The molecule has 0 aliphatic carbocycles. The number of amides is 1. The first-order chi connectivity index (χ1) is 12.7. The van der Waals surface area contributed by atoms with Crippen LogP contribution in [-0.2, 0) is 11.3 Å². The molecule has 2 heterocycles. The predicted molar refractivity (Wildman–Crippen MR) is 99.8 cm³/mol. The molecule has 7 nitrogen and oxygen atoms in total. The van der Waals surface area contributed by atoms with E-state index in [2.05, 4.69) is 20.4 Å². The molecule has 2 aromatic rings. The van der Waals surface area contributed by atoms with E-state index in [1.807, 2.05) is 24.1 Å². The number of nitrogens with one attached hydrogen (secondary N) is 1. The number of aromatic nitrogens is 2. The minimum absolute atomic E-state index is 0.239. The van der Waals surface area contributed by atoms with E-state index in [0.717, 1.165) is 44.7 Å². The van der Waals surface area contributed by atoms with Crippen LogP contribution in [0.5, 0.6) is 0 Å². The molecule has 0 bridgehead atoms. The number of carbonyl (C=O) groups excluding carboxylic acids is 1. The van der Waals surface area contributed by atoms with Crippen molar-refractivity contribution in [1.29, 1.82) is 0 Å². The highest BCUT2D eigenvalue weighted by atomic mass is 35.5. The molecule has 1 N–H and O–H groups in total. The second-order valence-corrected chi connectivity index (χ2v) is 6.82. The smallest absolute Gasteiger partial charge is 0.241 e. The van der Waals surface area contributed by atoms with Gasteiger partial charge in [0.1, 0.15) is 0 Å². The second-order valence-electron chi connectivity index (χ2n) is 6.38. The standard InChI is InChI=1S/C18H24ClN5O2/c1-20-8-2-3-17(25)24-11-9-23(10-12-24)13-16-21-18(22-26-16)14-4-6-15(19)7-5-14/h4-7,20H,2-3,8-13H2,1H3. The number of nitrogens with zero attached hydrogens (tertiary/aromatic N) is 4. The number of piperazine rings is 1. The maximum atomic E-state index is 12.2. The van der Waals surface area contributed by atoms with Crippen LogP contribution in [-0.4, -0.2) is 65.6 Å². The Bertz CT molecular complexity index is 711. The maximum absolute atomic E-state index is 12.2. The Hall–Kier alpha value is -1.96. The molecule has 0 unspecified atom stereocenters. The number of hydrogen-bond acceptors (Lipinski definition) is 6. The molecule has 0 saturated carbocycles. The van der Waals surface area contributed by atoms with E-state index in [1.54, 1.807) is 12.1 Å². The first-order valence-corrected chi connectivity index (χ1v) is 9.27. The van der Waals surface area contributed by atoms with Crippen molar-refractivity contribution in [3.05, 3.63) is 35.2 Å². The fraction of sp³-hybridized carbons (Fsp3) is 0.500. The van der Waals surface area contributed by atoms with Crippen molar-refractivity contribution in [2.75, 3.05) is 39.8 Å². The van der Waals surface area contributed by atoms with E-state index in [-0.39, 0.29) is 5.91 Å². The monoisotopic (exact) mass is 377 g/mol. The molecule has 140 valence electrons. The van der Waals surface area contributed by atoms with Crippen molar-refractivity contribution >= 4 is 17.5 Å². The third-order valence-electron chi connectivity index (χ3n) is 4.47. The zero-order valence-corrected chi connectivity index (χ0v) is 15.7. The van der Waals surface area contributed by atoms with Crippen LogP contribution in [0.15, 0.2) is 28.8 Å². The normalized spacial score (nSPS) is 15.4. The molecule has 0 spiro atoms.